The summed E-state index contributed by atoms with van der Waals surface area (Å²) in [6, 6.07) is 1.84. The highest BCUT2D eigenvalue weighted by Gasteiger charge is 2.16. The minimum Gasteiger partial charge on any atom is -0.493 e. The molecule has 2 nitrogen and oxygen atoms in total. The number of nitrogens with zero attached hydrogens (tertiary/aromatic N) is 1. The van der Waals surface area contributed by atoms with Gasteiger partial charge in [-0.05, 0) is 15.9 Å². The molecule has 11 heavy (non-hydrogen) atoms. The second-order valence-corrected chi connectivity index (χ2v) is 3.48. The first-order valence-electron chi connectivity index (χ1n) is 3.25. The Balaban J connectivity index is 2.60. The molecule has 0 saturated heterocycles. The summed E-state index contributed by atoms with van der Waals surface area (Å²) in [7, 11) is 0. The van der Waals surface area contributed by atoms with Gasteiger partial charge in [-0.3, -0.25) is 0 Å². The van der Waals surface area contributed by atoms with Crippen LogP contribution in [-0.4, -0.2) is 11.6 Å². The molecule has 0 amide bonds. The first-order chi connectivity index (χ1) is 5.27. The summed E-state index contributed by atoms with van der Waals surface area (Å²) in [5.41, 5.74) is 1.02. The van der Waals surface area contributed by atoms with Crippen LogP contribution in [0.1, 0.15) is 5.56 Å². The highest BCUT2D eigenvalue weighted by atomic mass is 79.9. The predicted octanol–water partition coefficient (Wildman–Crippen LogP) is 2.43. The second kappa shape index (κ2) is 2.64. The SMILES string of the molecule is Clc1nc(Br)cc2c1CCO2. The number of ether oxygens (including phenoxy) is 1. The van der Waals surface area contributed by atoms with Gasteiger partial charge >= 0.3 is 0 Å². The van der Waals surface area contributed by atoms with Gasteiger partial charge < -0.3 is 4.74 Å². The largest absolute Gasteiger partial charge is 0.493 e. The molecule has 0 aromatic carbocycles. The molecule has 58 valence electrons. The van der Waals surface area contributed by atoms with E-state index in [1.165, 1.54) is 0 Å². The molecule has 4 heteroatoms. The summed E-state index contributed by atoms with van der Waals surface area (Å²) in [6.45, 7) is 0.715. The van der Waals surface area contributed by atoms with Gasteiger partial charge in [-0.25, -0.2) is 4.98 Å². The molecule has 0 spiro atoms. The fraction of sp³-hybridized carbons (Fsp3) is 0.286. The molecule has 0 N–H and O–H groups in total. The maximum absolute atomic E-state index is 5.85. The van der Waals surface area contributed by atoms with Crippen molar-refractivity contribution in [3.05, 3.63) is 21.4 Å². The Morgan fingerprint density at radius 3 is 3.27 bits per heavy atom. The lowest BCUT2D eigenvalue weighted by Crippen LogP contribution is -1.85. The van der Waals surface area contributed by atoms with E-state index in [2.05, 4.69) is 20.9 Å². The first kappa shape index (κ1) is 7.37. The molecule has 1 aliphatic rings. The van der Waals surface area contributed by atoms with Crippen LogP contribution < -0.4 is 4.74 Å². The molecular formula is C7H5BrClNO. The molecule has 1 aromatic heterocycles. The zero-order chi connectivity index (χ0) is 7.84. The Kier molecular flexibility index (Phi) is 1.77. The number of hydrogen-bond acceptors (Lipinski definition) is 2. The lowest BCUT2D eigenvalue weighted by Gasteiger charge is -1.99. The van der Waals surface area contributed by atoms with Crippen LogP contribution in [0.5, 0.6) is 5.75 Å². The third-order valence-corrected chi connectivity index (χ3v) is 2.33. The summed E-state index contributed by atoms with van der Waals surface area (Å²) >= 11 is 9.09. The average Bonchev–Trinajstić information content (AvgIpc) is 2.34. The van der Waals surface area contributed by atoms with Gasteiger partial charge in [-0.1, -0.05) is 11.6 Å². The lowest BCUT2D eigenvalue weighted by atomic mass is 10.2. The van der Waals surface area contributed by atoms with Crippen molar-refractivity contribution in [1.82, 2.24) is 4.98 Å². The maximum atomic E-state index is 5.85. The summed E-state index contributed by atoms with van der Waals surface area (Å²) < 4.78 is 6.03. The van der Waals surface area contributed by atoms with Crippen LogP contribution in [0.25, 0.3) is 0 Å². The van der Waals surface area contributed by atoms with Crippen molar-refractivity contribution in [2.24, 2.45) is 0 Å². The standard InChI is InChI=1S/C7H5BrClNO/c8-6-3-5-4(1-2-11-5)7(9)10-6/h3H,1-2H2. The molecule has 0 unspecified atom stereocenters. The molecule has 1 aliphatic heterocycles. The summed E-state index contributed by atoms with van der Waals surface area (Å²) in [6.07, 6.45) is 0.869. The van der Waals surface area contributed by atoms with E-state index in [0.29, 0.717) is 11.8 Å². The van der Waals surface area contributed by atoms with Crippen LogP contribution in [0.15, 0.2) is 10.7 Å². The van der Waals surface area contributed by atoms with Crippen LogP contribution in [0.2, 0.25) is 5.15 Å². The highest BCUT2D eigenvalue weighted by Crippen LogP contribution is 2.32. The monoisotopic (exact) mass is 233 g/mol. The minimum atomic E-state index is 0.548. The predicted molar refractivity (Wildman–Crippen MR) is 46.1 cm³/mol. The van der Waals surface area contributed by atoms with Crippen molar-refractivity contribution < 1.29 is 4.74 Å². The molecular weight excluding hydrogens is 229 g/mol. The van der Waals surface area contributed by atoms with Gasteiger partial charge in [0.15, 0.2) is 0 Å². The topological polar surface area (TPSA) is 22.1 Å². The summed E-state index contributed by atoms with van der Waals surface area (Å²) in [4.78, 5) is 4.05. The molecule has 2 rings (SSSR count). The summed E-state index contributed by atoms with van der Waals surface area (Å²) in [5, 5.41) is 0.548. The molecule has 0 bridgehead atoms. The normalized spacial score (nSPS) is 14.4. The fourth-order valence-electron chi connectivity index (χ4n) is 1.11. The highest BCUT2D eigenvalue weighted by molar-refractivity contribution is 9.10. The van der Waals surface area contributed by atoms with Crippen molar-refractivity contribution in [2.75, 3.05) is 6.61 Å². The van der Waals surface area contributed by atoms with E-state index in [1.807, 2.05) is 6.07 Å². The number of hydrogen-bond donors (Lipinski definition) is 0. The zero-order valence-electron chi connectivity index (χ0n) is 5.60. The molecule has 0 saturated carbocycles. The minimum absolute atomic E-state index is 0.548. The van der Waals surface area contributed by atoms with Crippen LogP contribution in [-0.2, 0) is 6.42 Å². The number of halogens is 2. The van der Waals surface area contributed by atoms with E-state index in [9.17, 15) is 0 Å². The molecule has 2 heterocycles. The van der Waals surface area contributed by atoms with Crippen molar-refractivity contribution in [3.63, 3.8) is 0 Å². The number of rotatable bonds is 0. The van der Waals surface area contributed by atoms with Gasteiger partial charge in [-0.2, -0.15) is 0 Å². The molecule has 0 aliphatic carbocycles. The van der Waals surface area contributed by atoms with E-state index < -0.39 is 0 Å². The van der Waals surface area contributed by atoms with E-state index in [4.69, 9.17) is 16.3 Å². The molecule has 0 atom stereocenters. The third kappa shape index (κ3) is 1.23. The van der Waals surface area contributed by atoms with Crippen molar-refractivity contribution >= 4 is 27.5 Å². The van der Waals surface area contributed by atoms with Gasteiger partial charge in [-0.15, -0.1) is 0 Å². The quantitative estimate of drug-likeness (QED) is 0.643. The number of pyridine rings is 1. The van der Waals surface area contributed by atoms with Crippen molar-refractivity contribution in [3.8, 4) is 5.75 Å². The van der Waals surface area contributed by atoms with E-state index in [1.54, 1.807) is 0 Å². The van der Waals surface area contributed by atoms with E-state index in [0.717, 1.165) is 22.3 Å². The molecule has 0 radical (unpaired) electrons. The van der Waals surface area contributed by atoms with Gasteiger partial charge in [0, 0.05) is 18.1 Å². The summed E-state index contributed by atoms with van der Waals surface area (Å²) in [5.74, 6) is 0.858. The van der Waals surface area contributed by atoms with Gasteiger partial charge in [0.2, 0.25) is 0 Å². The van der Waals surface area contributed by atoms with Gasteiger partial charge in [0.25, 0.3) is 0 Å². The Morgan fingerprint density at radius 1 is 1.64 bits per heavy atom. The van der Waals surface area contributed by atoms with Crippen molar-refractivity contribution in [2.45, 2.75) is 6.42 Å². The second-order valence-electron chi connectivity index (χ2n) is 2.31. The third-order valence-electron chi connectivity index (χ3n) is 1.61. The number of fused-ring (bicyclic) bond motifs is 1. The van der Waals surface area contributed by atoms with Crippen LogP contribution in [0.3, 0.4) is 0 Å². The van der Waals surface area contributed by atoms with Crippen molar-refractivity contribution in [1.29, 1.82) is 0 Å². The van der Waals surface area contributed by atoms with Crippen LogP contribution in [0.4, 0.5) is 0 Å². The zero-order valence-corrected chi connectivity index (χ0v) is 7.94. The lowest BCUT2D eigenvalue weighted by molar-refractivity contribution is 0.356. The Bertz CT molecular complexity index is 303. The smallest absolute Gasteiger partial charge is 0.137 e. The first-order valence-corrected chi connectivity index (χ1v) is 4.42. The Hall–Kier alpha value is -0.280. The van der Waals surface area contributed by atoms with Crippen LogP contribution >= 0.6 is 27.5 Å². The average molecular weight is 234 g/mol. The molecule has 0 fully saturated rings. The fourth-order valence-corrected chi connectivity index (χ4v) is 1.87. The molecule has 1 aromatic rings. The van der Waals surface area contributed by atoms with E-state index in [-0.39, 0.29) is 0 Å². The maximum Gasteiger partial charge on any atom is 0.137 e. The van der Waals surface area contributed by atoms with E-state index >= 15 is 0 Å². The number of aromatic nitrogens is 1. The Morgan fingerprint density at radius 2 is 2.45 bits per heavy atom. The van der Waals surface area contributed by atoms with Crippen LogP contribution in [0, 0.1) is 0 Å². The van der Waals surface area contributed by atoms with Gasteiger partial charge in [0.1, 0.15) is 15.5 Å². The Labute approximate surface area is 77.7 Å². The van der Waals surface area contributed by atoms with Gasteiger partial charge in [0.05, 0.1) is 6.61 Å².